The van der Waals surface area contributed by atoms with E-state index < -0.39 is 0 Å². The molecule has 6 heterocycles. The second-order valence-corrected chi connectivity index (χ2v) is 9.01. The summed E-state index contributed by atoms with van der Waals surface area (Å²) in [5.74, 6) is 0. The molecular formula is C26H22N6S2. The highest BCUT2D eigenvalue weighted by molar-refractivity contribution is 7.17. The van der Waals surface area contributed by atoms with Gasteiger partial charge in [0.1, 0.15) is 9.66 Å². The molecule has 0 saturated carbocycles. The van der Waals surface area contributed by atoms with Gasteiger partial charge in [-0.3, -0.25) is 9.97 Å². The third-order valence-corrected chi connectivity index (χ3v) is 7.01. The summed E-state index contributed by atoms with van der Waals surface area (Å²) in [5.41, 5.74) is 4.52. The maximum atomic E-state index is 4.39. The minimum Gasteiger partial charge on any atom is -0.354 e. The highest BCUT2D eigenvalue weighted by Crippen LogP contribution is 2.35. The van der Waals surface area contributed by atoms with Crippen molar-refractivity contribution in [2.24, 2.45) is 0 Å². The fourth-order valence-corrected chi connectivity index (χ4v) is 5.38. The van der Waals surface area contributed by atoms with Crippen LogP contribution < -0.4 is 10.2 Å². The van der Waals surface area contributed by atoms with Crippen LogP contribution in [0.1, 0.15) is 6.92 Å². The molecule has 6 aromatic heterocycles. The number of pyridine rings is 4. The van der Waals surface area contributed by atoms with E-state index in [2.05, 4.69) is 60.0 Å². The predicted octanol–water partition coefficient (Wildman–Crippen LogP) is 7.28. The first-order valence-corrected chi connectivity index (χ1v) is 12.6. The van der Waals surface area contributed by atoms with Gasteiger partial charge in [-0.1, -0.05) is 0 Å². The maximum Gasteiger partial charge on any atom is 0.125 e. The Morgan fingerprint density at radius 3 is 2.06 bits per heavy atom. The van der Waals surface area contributed by atoms with Crippen LogP contribution in [0, 0.1) is 0 Å². The van der Waals surface area contributed by atoms with E-state index in [9.17, 15) is 0 Å². The van der Waals surface area contributed by atoms with Gasteiger partial charge in [0, 0.05) is 76.6 Å². The van der Waals surface area contributed by atoms with Crippen molar-refractivity contribution in [1.29, 1.82) is 0 Å². The van der Waals surface area contributed by atoms with E-state index in [1.54, 1.807) is 35.1 Å². The summed E-state index contributed by atoms with van der Waals surface area (Å²) in [6.07, 6.45) is 10.8. The van der Waals surface area contributed by atoms with E-state index >= 15 is 0 Å². The van der Waals surface area contributed by atoms with E-state index in [4.69, 9.17) is 0 Å². The van der Waals surface area contributed by atoms with Crippen molar-refractivity contribution in [1.82, 2.24) is 19.9 Å². The number of anilines is 4. The van der Waals surface area contributed by atoms with Crippen molar-refractivity contribution in [3.8, 4) is 0 Å². The maximum absolute atomic E-state index is 4.39. The van der Waals surface area contributed by atoms with E-state index in [1.165, 1.54) is 11.1 Å². The number of nitrogens with one attached hydrogen (secondary N) is 1. The topological polar surface area (TPSA) is 66.8 Å². The molecule has 0 radical (unpaired) electrons. The average Bonchev–Trinajstić information content (AvgIpc) is 3.51. The van der Waals surface area contributed by atoms with Gasteiger partial charge in [0.2, 0.25) is 0 Å². The molecule has 0 aliphatic carbocycles. The average molecular weight is 483 g/mol. The molecule has 0 unspecified atom stereocenters. The number of aromatic nitrogens is 4. The van der Waals surface area contributed by atoms with Crippen LogP contribution in [-0.4, -0.2) is 26.5 Å². The van der Waals surface area contributed by atoms with Crippen LogP contribution in [-0.2, 0) is 0 Å². The summed E-state index contributed by atoms with van der Waals surface area (Å²) < 4.78 is 0. The number of thiophene rings is 2. The Hall–Kier alpha value is -3.88. The third-order valence-electron chi connectivity index (χ3n) is 5.22. The number of nitrogens with zero attached hydrogens (tertiary/aromatic N) is 5. The van der Waals surface area contributed by atoms with Gasteiger partial charge in [-0.2, -0.15) is 0 Å². The fourth-order valence-electron chi connectivity index (χ4n) is 3.64. The lowest BCUT2D eigenvalue weighted by atomic mass is 10.2. The Kier molecular flexibility index (Phi) is 6.69. The van der Waals surface area contributed by atoms with Crippen molar-refractivity contribution in [3.05, 3.63) is 96.5 Å². The van der Waals surface area contributed by atoms with Crippen molar-refractivity contribution >= 4 is 65.9 Å². The van der Waals surface area contributed by atoms with Gasteiger partial charge in [0.25, 0.3) is 0 Å². The molecule has 0 fully saturated rings. The second-order valence-electron chi connectivity index (χ2n) is 7.29. The van der Waals surface area contributed by atoms with Crippen LogP contribution in [0.15, 0.2) is 96.5 Å². The summed E-state index contributed by atoms with van der Waals surface area (Å²) in [6, 6.07) is 16.1. The third kappa shape index (κ3) is 4.73. The molecule has 0 amide bonds. The van der Waals surface area contributed by atoms with Crippen LogP contribution in [0.2, 0.25) is 0 Å². The SMILES string of the molecule is CCN(c1ccncc1)c1csc2ncccc12.c1cnc2scc(Nc3ccncc3)c2c1. The van der Waals surface area contributed by atoms with Crippen molar-refractivity contribution in [2.75, 3.05) is 16.8 Å². The number of hydrogen-bond acceptors (Lipinski definition) is 8. The lowest BCUT2D eigenvalue weighted by molar-refractivity contribution is 1.03. The van der Waals surface area contributed by atoms with Crippen molar-refractivity contribution in [3.63, 3.8) is 0 Å². The van der Waals surface area contributed by atoms with Gasteiger partial charge >= 0.3 is 0 Å². The van der Waals surface area contributed by atoms with Crippen LogP contribution in [0.25, 0.3) is 20.4 Å². The normalized spacial score (nSPS) is 10.6. The minimum atomic E-state index is 0.921. The molecular weight excluding hydrogens is 460 g/mol. The number of hydrogen-bond donors (Lipinski definition) is 1. The predicted molar refractivity (Wildman–Crippen MR) is 144 cm³/mol. The quantitative estimate of drug-likeness (QED) is 0.278. The molecule has 0 aliphatic heterocycles. The van der Waals surface area contributed by atoms with Crippen LogP contribution in [0.3, 0.4) is 0 Å². The molecule has 6 aromatic rings. The minimum absolute atomic E-state index is 0.921. The van der Waals surface area contributed by atoms with Gasteiger partial charge in [-0.25, -0.2) is 9.97 Å². The van der Waals surface area contributed by atoms with E-state index in [0.29, 0.717) is 0 Å². The standard InChI is InChI=1S/C14H13N3S.C12H9N3S/c1-2-17(11-5-8-15-9-6-11)13-10-18-14-12(13)4-3-7-16-14;1-2-10-11(8-16-12(10)14-5-1)15-9-3-6-13-7-4-9/h3-10H,2H2,1H3;1-8H,(H,13,15). The highest BCUT2D eigenvalue weighted by Gasteiger charge is 2.12. The molecule has 8 heteroatoms. The first-order valence-electron chi connectivity index (χ1n) is 10.8. The lowest BCUT2D eigenvalue weighted by Crippen LogP contribution is -2.15. The Morgan fingerprint density at radius 1 is 0.735 bits per heavy atom. The Balaban J connectivity index is 0.000000142. The van der Waals surface area contributed by atoms with E-state index in [-0.39, 0.29) is 0 Å². The summed E-state index contributed by atoms with van der Waals surface area (Å²) in [4.78, 5) is 21.2. The van der Waals surface area contributed by atoms with E-state index in [1.807, 2.05) is 61.2 Å². The van der Waals surface area contributed by atoms with Crippen LogP contribution in [0.4, 0.5) is 22.7 Å². The van der Waals surface area contributed by atoms with Gasteiger partial charge in [0.05, 0.1) is 11.4 Å². The van der Waals surface area contributed by atoms with Gasteiger partial charge in [-0.15, -0.1) is 22.7 Å². The Morgan fingerprint density at radius 2 is 1.35 bits per heavy atom. The number of rotatable bonds is 5. The van der Waals surface area contributed by atoms with Crippen molar-refractivity contribution in [2.45, 2.75) is 6.92 Å². The molecule has 0 bridgehead atoms. The molecule has 168 valence electrons. The van der Waals surface area contributed by atoms with Crippen molar-refractivity contribution < 1.29 is 0 Å². The smallest absolute Gasteiger partial charge is 0.125 e. The Bertz CT molecular complexity index is 1480. The van der Waals surface area contributed by atoms with E-state index in [0.717, 1.165) is 38.7 Å². The lowest BCUT2D eigenvalue weighted by Gasteiger charge is -2.22. The molecule has 0 saturated heterocycles. The van der Waals surface area contributed by atoms with Crippen LogP contribution in [0.5, 0.6) is 0 Å². The molecule has 0 spiro atoms. The molecule has 0 aromatic carbocycles. The zero-order valence-electron chi connectivity index (χ0n) is 18.5. The van der Waals surface area contributed by atoms with Gasteiger partial charge < -0.3 is 10.2 Å². The first-order chi connectivity index (χ1) is 16.8. The molecule has 6 rings (SSSR count). The molecule has 6 nitrogen and oxygen atoms in total. The summed E-state index contributed by atoms with van der Waals surface area (Å²) in [5, 5.41) is 9.97. The zero-order valence-corrected chi connectivity index (χ0v) is 20.1. The Labute approximate surface area is 205 Å². The highest BCUT2D eigenvalue weighted by atomic mass is 32.1. The summed E-state index contributed by atoms with van der Waals surface area (Å²) in [6.45, 7) is 3.07. The molecule has 1 N–H and O–H groups in total. The fraction of sp³-hybridized carbons (Fsp3) is 0.0769. The first kappa shape index (κ1) is 21.9. The zero-order chi connectivity index (χ0) is 23.2. The summed E-state index contributed by atoms with van der Waals surface area (Å²) >= 11 is 3.33. The van der Waals surface area contributed by atoms with Gasteiger partial charge in [-0.05, 0) is 55.5 Å². The van der Waals surface area contributed by atoms with Crippen LogP contribution >= 0.6 is 22.7 Å². The second kappa shape index (κ2) is 10.4. The largest absolute Gasteiger partial charge is 0.354 e. The molecule has 0 aliphatic rings. The molecule has 0 atom stereocenters. The van der Waals surface area contributed by atoms with Gasteiger partial charge in [0.15, 0.2) is 0 Å². The monoisotopic (exact) mass is 482 g/mol. The molecule has 34 heavy (non-hydrogen) atoms. The number of fused-ring (bicyclic) bond motifs is 2. The summed E-state index contributed by atoms with van der Waals surface area (Å²) in [7, 11) is 0.